The summed E-state index contributed by atoms with van der Waals surface area (Å²) in [5, 5.41) is 0.153. The third-order valence-corrected chi connectivity index (χ3v) is 5.56. The fourth-order valence-electron chi connectivity index (χ4n) is 1.74. The van der Waals surface area contributed by atoms with Crippen LogP contribution in [-0.4, -0.2) is 15.5 Å². The lowest BCUT2D eigenvalue weighted by Crippen LogP contribution is -2.27. The summed E-state index contributed by atoms with van der Waals surface area (Å²) < 4.78 is 27.0. The predicted octanol–water partition coefficient (Wildman–Crippen LogP) is 3.51. The van der Waals surface area contributed by atoms with E-state index in [1.54, 1.807) is 30.3 Å². The van der Waals surface area contributed by atoms with Crippen LogP contribution in [0.5, 0.6) is 0 Å². The van der Waals surface area contributed by atoms with Crippen LogP contribution in [0.1, 0.15) is 0 Å². The Hall–Kier alpha value is -1.24. The normalized spacial score (nSPS) is 11.3. The zero-order valence-electron chi connectivity index (χ0n) is 10.5. The van der Waals surface area contributed by atoms with Gasteiger partial charge in [-0.1, -0.05) is 39.7 Å². The molecule has 2 rings (SSSR count). The number of nitrogen functional groups attached to an aromatic ring is 1. The van der Waals surface area contributed by atoms with Crippen molar-refractivity contribution in [1.29, 1.82) is 0 Å². The van der Waals surface area contributed by atoms with E-state index < -0.39 is 10.0 Å². The molecule has 4 nitrogen and oxygen atoms in total. The van der Waals surface area contributed by atoms with Gasteiger partial charge in [0, 0.05) is 11.5 Å². The number of sulfonamides is 1. The van der Waals surface area contributed by atoms with Gasteiger partial charge in [-0.2, -0.15) is 0 Å². The summed E-state index contributed by atoms with van der Waals surface area (Å²) in [5.41, 5.74) is 6.60. The van der Waals surface area contributed by atoms with Gasteiger partial charge in [-0.25, -0.2) is 8.42 Å². The maximum atomic E-state index is 12.6. The second-order valence-corrected chi connectivity index (χ2v) is 7.37. The van der Waals surface area contributed by atoms with Gasteiger partial charge in [0.2, 0.25) is 0 Å². The number of nitrogens with zero attached hydrogens (tertiary/aromatic N) is 1. The molecule has 0 saturated carbocycles. The van der Waals surface area contributed by atoms with Gasteiger partial charge in [-0.05, 0) is 30.3 Å². The van der Waals surface area contributed by atoms with Crippen LogP contribution in [-0.2, 0) is 10.0 Å². The van der Waals surface area contributed by atoms with Gasteiger partial charge in [0.15, 0.2) is 0 Å². The summed E-state index contributed by atoms with van der Waals surface area (Å²) >= 11 is 9.26. The van der Waals surface area contributed by atoms with E-state index in [1.165, 1.54) is 19.2 Å². The molecule has 0 spiro atoms. The molecule has 0 aliphatic heterocycles. The van der Waals surface area contributed by atoms with E-state index >= 15 is 0 Å². The van der Waals surface area contributed by atoms with Gasteiger partial charge < -0.3 is 5.73 Å². The minimum atomic E-state index is -3.76. The molecule has 0 amide bonds. The molecule has 2 aromatic carbocycles. The summed E-state index contributed by atoms with van der Waals surface area (Å²) in [5.74, 6) is 0. The predicted molar refractivity (Wildman–Crippen MR) is 85.6 cm³/mol. The van der Waals surface area contributed by atoms with Crippen LogP contribution in [0.25, 0.3) is 0 Å². The Morgan fingerprint density at radius 3 is 2.45 bits per heavy atom. The van der Waals surface area contributed by atoms with Crippen LogP contribution in [0.4, 0.5) is 11.4 Å². The van der Waals surface area contributed by atoms with Crippen molar-refractivity contribution in [3.05, 3.63) is 52.0 Å². The first kappa shape index (κ1) is 15.2. The first-order valence-electron chi connectivity index (χ1n) is 5.62. The SMILES string of the molecule is CN(c1ccccc1N)S(=O)(=O)c1ccc(Br)cc1Cl. The van der Waals surface area contributed by atoms with E-state index in [-0.39, 0.29) is 9.92 Å². The van der Waals surface area contributed by atoms with Crippen molar-refractivity contribution in [2.24, 2.45) is 0 Å². The molecule has 20 heavy (non-hydrogen) atoms. The van der Waals surface area contributed by atoms with Crippen LogP contribution in [0.2, 0.25) is 5.02 Å². The minimum absolute atomic E-state index is 0.0353. The second-order valence-electron chi connectivity index (χ2n) is 4.11. The van der Waals surface area contributed by atoms with Crippen molar-refractivity contribution in [2.45, 2.75) is 4.90 Å². The van der Waals surface area contributed by atoms with E-state index in [1.807, 2.05) is 0 Å². The highest BCUT2D eigenvalue weighted by atomic mass is 79.9. The quantitative estimate of drug-likeness (QED) is 0.835. The summed E-state index contributed by atoms with van der Waals surface area (Å²) in [6, 6.07) is 11.4. The van der Waals surface area contributed by atoms with E-state index in [0.717, 1.165) is 4.31 Å². The topological polar surface area (TPSA) is 63.4 Å². The van der Waals surface area contributed by atoms with E-state index in [0.29, 0.717) is 15.8 Å². The lowest BCUT2D eigenvalue weighted by molar-refractivity contribution is 0.594. The number of benzene rings is 2. The molecule has 2 N–H and O–H groups in total. The maximum absolute atomic E-state index is 12.6. The smallest absolute Gasteiger partial charge is 0.265 e. The Morgan fingerprint density at radius 2 is 1.85 bits per heavy atom. The third-order valence-electron chi connectivity index (χ3n) is 2.81. The molecular weight excluding hydrogens is 364 g/mol. The zero-order valence-corrected chi connectivity index (χ0v) is 13.7. The van der Waals surface area contributed by atoms with Gasteiger partial charge in [-0.3, -0.25) is 4.31 Å². The van der Waals surface area contributed by atoms with Crippen LogP contribution in [0.3, 0.4) is 0 Å². The molecule has 2 aromatic rings. The second kappa shape index (κ2) is 5.63. The van der Waals surface area contributed by atoms with Crippen LogP contribution in [0.15, 0.2) is 51.8 Å². The van der Waals surface area contributed by atoms with Crippen LogP contribution in [0, 0.1) is 0 Å². The molecule has 0 radical (unpaired) electrons. The average molecular weight is 376 g/mol. The number of para-hydroxylation sites is 2. The molecule has 0 aliphatic carbocycles. The Balaban J connectivity index is 2.53. The molecule has 0 fully saturated rings. The molecular formula is C13H12BrClN2O2S. The van der Waals surface area contributed by atoms with Crippen molar-refractivity contribution < 1.29 is 8.42 Å². The highest BCUT2D eigenvalue weighted by molar-refractivity contribution is 9.10. The van der Waals surface area contributed by atoms with E-state index in [4.69, 9.17) is 17.3 Å². The number of rotatable bonds is 3. The molecule has 0 aromatic heterocycles. The van der Waals surface area contributed by atoms with Gasteiger partial charge in [0.1, 0.15) is 4.90 Å². The fraction of sp³-hybridized carbons (Fsp3) is 0.0769. The highest BCUT2D eigenvalue weighted by Gasteiger charge is 2.25. The largest absolute Gasteiger partial charge is 0.397 e. The number of hydrogen-bond donors (Lipinski definition) is 1. The first-order chi connectivity index (χ1) is 9.34. The van der Waals surface area contributed by atoms with Gasteiger partial charge in [0.25, 0.3) is 10.0 Å². The summed E-state index contributed by atoms with van der Waals surface area (Å²) in [7, 11) is -2.32. The number of nitrogens with two attached hydrogens (primary N) is 1. The van der Waals surface area contributed by atoms with Crippen molar-refractivity contribution in [2.75, 3.05) is 17.1 Å². The molecule has 7 heteroatoms. The Labute approximate surface area is 131 Å². The van der Waals surface area contributed by atoms with Crippen molar-refractivity contribution >= 4 is 48.9 Å². The fourth-order valence-corrected chi connectivity index (χ4v) is 3.97. The molecule has 0 aliphatic rings. The van der Waals surface area contributed by atoms with Gasteiger partial charge >= 0.3 is 0 Å². The van der Waals surface area contributed by atoms with E-state index in [9.17, 15) is 8.42 Å². The third kappa shape index (κ3) is 2.77. The summed E-state index contributed by atoms with van der Waals surface area (Å²) in [6.07, 6.45) is 0. The van der Waals surface area contributed by atoms with Crippen molar-refractivity contribution in [3.63, 3.8) is 0 Å². The first-order valence-corrected chi connectivity index (χ1v) is 8.23. The number of anilines is 2. The lowest BCUT2D eigenvalue weighted by atomic mass is 10.3. The van der Waals surface area contributed by atoms with Crippen molar-refractivity contribution in [1.82, 2.24) is 0 Å². The molecule has 0 saturated heterocycles. The van der Waals surface area contributed by atoms with Crippen molar-refractivity contribution in [3.8, 4) is 0 Å². The maximum Gasteiger partial charge on any atom is 0.265 e. The molecule has 0 bridgehead atoms. The summed E-state index contributed by atoms with van der Waals surface area (Å²) in [4.78, 5) is 0.0353. The zero-order chi connectivity index (χ0) is 14.9. The van der Waals surface area contributed by atoms with E-state index in [2.05, 4.69) is 15.9 Å². The number of hydrogen-bond acceptors (Lipinski definition) is 3. The van der Waals surface area contributed by atoms with Gasteiger partial charge in [-0.15, -0.1) is 0 Å². The Morgan fingerprint density at radius 1 is 1.20 bits per heavy atom. The molecule has 0 heterocycles. The number of halogens is 2. The Bertz CT molecular complexity index is 750. The van der Waals surface area contributed by atoms with Gasteiger partial charge in [0.05, 0.1) is 16.4 Å². The highest BCUT2D eigenvalue weighted by Crippen LogP contribution is 2.31. The Kier molecular flexibility index (Phi) is 4.27. The average Bonchev–Trinajstić information content (AvgIpc) is 2.38. The standard InChI is InChI=1S/C13H12BrClN2O2S/c1-17(12-5-3-2-4-11(12)16)20(18,19)13-7-6-9(14)8-10(13)15/h2-8H,16H2,1H3. The van der Waals surface area contributed by atoms with Crippen LogP contribution < -0.4 is 10.0 Å². The molecule has 106 valence electrons. The minimum Gasteiger partial charge on any atom is -0.397 e. The molecule has 0 atom stereocenters. The lowest BCUT2D eigenvalue weighted by Gasteiger charge is -2.21. The van der Waals surface area contributed by atoms with Crippen LogP contribution >= 0.6 is 27.5 Å². The monoisotopic (exact) mass is 374 g/mol. The molecule has 0 unspecified atom stereocenters. The summed E-state index contributed by atoms with van der Waals surface area (Å²) in [6.45, 7) is 0.